The Balaban J connectivity index is 2.20. The molecule has 0 saturated heterocycles. The first-order valence-corrected chi connectivity index (χ1v) is 4.51. The van der Waals surface area contributed by atoms with Gasteiger partial charge in [0.25, 0.3) is 0 Å². The molecule has 0 spiro atoms. The van der Waals surface area contributed by atoms with Crippen LogP contribution in [-0.2, 0) is 13.6 Å². The van der Waals surface area contributed by atoms with Crippen LogP contribution in [0.5, 0.6) is 0 Å². The fourth-order valence-electron chi connectivity index (χ4n) is 1.07. The van der Waals surface area contributed by atoms with Crippen molar-refractivity contribution in [1.29, 1.82) is 0 Å². The zero-order valence-electron chi connectivity index (χ0n) is 8.38. The van der Waals surface area contributed by atoms with Crippen LogP contribution in [0, 0.1) is 0 Å². The average molecular weight is 179 g/mol. The first-order chi connectivity index (χ1) is 6.20. The van der Waals surface area contributed by atoms with Gasteiger partial charge in [0.05, 0.1) is 6.54 Å². The Morgan fingerprint density at radius 1 is 1.69 bits per heavy atom. The summed E-state index contributed by atoms with van der Waals surface area (Å²) in [6.07, 6.45) is 4.80. The molecule has 13 heavy (non-hydrogen) atoms. The standard InChI is InChI=1S/C10H17N3/c1-9(2)4-5-11-8-10-12-6-7-13(10)3/h6-7,11H,1,4-5,8H2,2-3H3. The number of nitrogens with zero attached hydrogens (tertiary/aromatic N) is 2. The van der Waals surface area contributed by atoms with E-state index in [1.165, 1.54) is 5.57 Å². The molecular weight excluding hydrogens is 162 g/mol. The normalized spacial score (nSPS) is 10.3. The molecule has 1 rings (SSSR count). The second-order valence-corrected chi connectivity index (χ2v) is 3.34. The Hall–Kier alpha value is -1.09. The summed E-state index contributed by atoms with van der Waals surface area (Å²) in [6.45, 7) is 7.70. The minimum absolute atomic E-state index is 0.830. The lowest BCUT2D eigenvalue weighted by Crippen LogP contribution is -2.17. The van der Waals surface area contributed by atoms with Gasteiger partial charge in [0.1, 0.15) is 5.82 Å². The first-order valence-electron chi connectivity index (χ1n) is 4.51. The van der Waals surface area contributed by atoms with Gasteiger partial charge >= 0.3 is 0 Å². The van der Waals surface area contributed by atoms with Crippen LogP contribution in [0.3, 0.4) is 0 Å². The molecule has 0 aliphatic rings. The Morgan fingerprint density at radius 2 is 2.46 bits per heavy atom. The first kappa shape index (κ1) is 9.99. The Labute approximate surface area is 79.5 Å². The maximum absolute atomic E-state index is 4.21. The summed E-state index contributed by atoms with van der Waals surface area (Å²) in [6, 6.07) is 0. The molecule has 0 atom stereocenters. The summed E-state index contributed by atoms with van der Waals surface area (Å²) < 4.78 is 2.02. The number of hydrogen-bond acceptors (Lipinski definition) is 2. The number of aryl methyl sites for hydroxylation is 1. The largest absolute Gasteiger partial charge is 0.337 e. The van der Waals surface area contributed by atoms with Crippen LogP contribution >= 0.6 is 0 Å². The van der Waals surface area contributed by atoms with Crippen LogP contribution in [-0.4, -0.2) is 16.1 Å². The molecule has 0 bridgehead atoms. The molecule has 0 fully saturated rings. The molecular formula is C10H17N3. The van der Waals surface area contributed by atoms with Crippen LogP contribution in [0.15, 0.2) is 24.5 Å². The van der Waals surface area contributed by atoms with Gasteiger partial charge in [-0.2, -0.15) is 0 Å². The van der Waals surface area contributed by atoms with E-state index < -0.39 is 0 Å². The molecule has 0 aliphatic carbocycles. The maximum Gasteiger partial charge on any atom is 0.122 e. The molecule has 1 N–H and O–H groups in total. The van der Waals surface area contributed by atoms with Gasteiger partial charge in [-0.25, -0.2) is 4.98 Å². The quantitative estimate of drug-likeness (QED) is 0.548. The third kappa shape index (κ3) is 3.42. The van der Waals surface area contributed by atoms with Gasteiger partial charge in [0.15, 0.2) is 0 Å². The van der Waals surface area contributed by atoms with E-state index in [2.05, 4.69) is 16.9 Å². The summed E-state index contributed by atoms with van der Waals surface area (Å²) in [5.74, 6) is 1.07. The summed E-state index contributed by atoms with van der Waals surface area (Å²) >= 11 is 0. The van der Waals surface area contributed by atoms with Crippen molar-refractivity contribution < 1.29 is 0 Å². The third-order valence-corrected chi connectivity index (χ3v) is 1.93. The Bertz CT molecular complexity index is 275. The molecule has 0 aromatic carbocycles. The smallest absolute Gasteiger partial charge is 0.122 e. The van der Waals surface area contributed by atoms with Crippen molar-refractivity contribution in [1.82, 2.24) is 14.9 Å². The van der Waals surface area contributed by atoms with Crippen LogP contribution < -0.4 is 5.32 Å². The SMILES string of the molecule is C=C(C)CCNCc1nccn1C. The number of imidazole rings is 1. The summed E-state index contributed by atoms with van der Waals surface area (Å²) in [5, 5.41) is 3.32. The molecule has 3 heteroatoms. The lowest BCUT2D eigenvalue weighted by atomic mass is 10.2. The fraction of sp³-hybridized carbons (Fsp3) is 0.500. The highest BCUT2D eigenvalue weighted by Gasteiger charge is 1.96. The monoisotopic (exact) mass is 179 g/mol. The van der Waals surface area contributed by atoms with Crippen molar-refractivity contribution in [3.8, 4) is 0 Å². The van der Waals surface area contributed by atoms with Crippen molar-refractivity contribution in [2.45, 2.75) is 19.9 Å². The molecule has 0 radical (unpaired) electrons. The van der Waals surface area contributed by atoms with Crippen molar-refractivity contribution >= 4 is 0 Å². The molecule has 0 unspecified atom stereocenters. The number of nitrogens with one attached hydrogen (secondary N) is 1. The summed E-state index contributed by atoms with van der Waals surface area (Å²) in [5.41, 5.74) is 1.22. The predicted octanol–water partition coefficient (Wildman–Crippen LogP) is 1.48. The minimum atomic E-state index is 0.830. The summed E-state index contributed by atoms with van der Waals surface area (Å²) in [4.78, 5) is 4.21. The number of hydrogen-bond donors (Lipinski definition) is 1. The van der Waals surface area contributed by atoms with Gasteiger partial charge in [-0.1, -0.05) is 5.57 Å². The van der Waals surface area contributed by atoms with Gasteiger partial charge < -0.3 is 9.88 Å². The molecule has 0 amide bonds. The average Bonchev–Trinajstić information content (AvgIpc) is 2.45. The van der Waals surface area contributed by atoms with Crippen LogP contribution in [0.1, 0.15) is 19.2 Å². The van der Waals surface area contributed by atoms with E-state index in [0.29, 0.717) is 0 Å². The lowest BCUT2D eigenvalue weighted by Gasteiger charge is -2.04. The highest BCUT2D eigenvalue weighted by atomic mass is 15.1. The maximum atomic E-state index is 4.21. The third-order valence-electron chi connectivity index (χ3n) is 1.93. The molecule has 72 valence electrons. The second-order valence-electron chi connectivity index (χ2n) is 3.34. The number of aromatic nitrogens is 2. The molecule has 3 nitrogen and oxygen atoms in total. The van der Waals surface area contributed by atoms with Gasteiger partial charge in [-0.3, -0.25) is 0 Å². The Kier molecular flexibility index (Phi) is 3.71. The van der Waals surface area contributed by atoms with E-state index in [0.717, 1.165) is 25.3 Å². The van der Waals surface area contributed by atoms with E-state index in [1.54, 1.807) is 0 Å². The Morgan fingerprint density at radius 3 is 3.00 bits per heavy atom. The minimum Gasteiger partial charge on any atom is -0.337 e. The highest BCUT2D eigenvalue weighted by Crippen LogP contribution is 1.95. The molecule has 1 heterocycles. The molecule has 0 saturated carbocycles. The second kappa shape index (κ2) is 4.82. The summed E-state index contributed by atoms with van der Waals surface area (Å²) in [7, 11) is 2.00. The van der Waals surface area contributed by atoms with Crippen LogP contribution in [0.25, 0.3) is 0 Å². The van der Waals surface area contributed by atoms with E-state index in [1.807, 2.05) is 30.9 Å². The van der Waals surface area contributed by atoms with Gasteiger partial charge in [0.2, 0.25) is 0 Å². The highest BCUT2D eigenvalue weighted by molar-refractivity contribution is 4.92. The van der Waals surface area contributed by atoms with E-state index in [-0.39, 0.29) is 0 Å². The van der Waals surface area contributed by atoms with Crippen LogP contribution in [0.4, 0.5) is 0 Å². The van der Waals surface area contributed by atoms with E-state index in [9.17, 15) is 0 Å². The van der Waals surface area contributed by atoms with E-state index in [4.69, 9.17) is 0 Å². The zero-order chi connectivity index (χ0) is 9.68. The van der Waals surface area contributed by atoms with Crippen LogP contribution in [0.2, 0.25) is 0 Å². The van der Waals surface area contributed by atoms with Crippen molar-refractivity contribution in [3.05, 3.63) is 30.4 Å². The van der Waals surface area contributed by atoms with Crippen molar-refractivity contribution in [3.63, 3.8) is 0 Å². The zero-order valence-corrected chi connectivity index (χ0v) is 8.38. The van der Waals surface area contributed by atoms with Crippen molar-refractivity contribution in [2.24, 2.45) is 7.05 Å². The number of rotatable bonds is 5. The predicted molar refractivity (Wildman–Crippen MR) is 54.3 cm³/mol. The van der Waals surface area contributed by atoms with E-state index >= 15 is 0 Å². The molecule has 1 aromatic rings. The molecule has 1 aromatic heterocycles. The fourth-order valence-corrected chi connectivity index (χ4v) is 1.07. The van der Waals surface area contributed by atoms with Gasteiger partial charge in [-0.15, -0.1) is 6.58 Å². The topological polar surface area (TPSA) is 29.9 Å². The van der Waals surface area contributed by atoms with Gasteiger partial charge in [-0.05, 0) is 19.9 Å². The van der Waals surface area contributed by atoms with Crippen molar-refractivity contribution in [2.75, 3.05) is 6.54 Å². The molecule has 0 aliphatic heterocycles. The van der Waals surface area contributed by atoms with Gasteiger partial charge in [0, 0.05) is 19.4 Å². The lowest BCUT2D eigenvalue weighted by molar-refractivity contribution is 0.636.